The van der Waals surface area contributed by atoms with Gasteiger partial charge in [0.1, 0.15) is 4.21 Å². The maximum absolute atomic E-state index is 12.9. The molecule has 1 unspecified atom stereocenters. The average Bonchev–Trinajstić information content (AvgIpc) is 2.99. The highest BCUT2D eigenvalue weighted by Gasteiger charge is 2.35. The molecule has 0 radical (unpaired) electrons. The van der Waals surface area contributed by atoms with Gasteiger partial charge >= 0.3 is 0 Å². The van der Waals surface area contributed by atoms with E-state index in [2.05, 4.69) is 4.90 Å². The molecule has 2 saturated heterocycles. The molecule has 0 bridgehead atoms. The maximum Gasteiger partial charge on any atom is 0.252 e. The van der Waals surface area contributed by atoms with Crippen molar-refractivity contribution in [3.63, 3.8) is 0 Å². The number of aryl methyl sites for hydroxylation is 1. The zero-order chi connectivity index (χ0) is 15.0. The van der Waals surface area contributed by atoms with Crippen molar-refractivity contribution >= 4 is 33.0 Å². The molecule has 118 valence electrons. The molecule has 1 atom stereocenters. The second kappa shape index (κ2) is 6.16. The summed E-state index contributed by atoms with van der Waals surface area (Å²) in [5.41, 5.74) is 0.978. The third kappa shape index (κ3) is 3.01. The molecular formula is C14H21ClN2O2S2. The predicted molar refractivity (Wildman–Crippen MR) is 86.6 cm³/mol. The van der Waals surface area contributed by atoms with Gasteiger partial charge in [0.15, 0.2) is 0 Å². The largest absolute Gasteiger partial charge is 0.299 e. The summed E-state index contributed by atoms with van der Waals surface area (Å²) in [6, 6.07) is 2.17. The lowest BCUT2D eigenvalue weighted by atomic mass is 10.2. The number of fused-ring (bicyclic) bond motifs is 1. The lowest BCUT2D eigenvalue weighted by molar-refractivity contribution is 0.257. The predicted octanol–water partition coefficient (Wildman–Crippen LogP) is 2.65. The summed E-state index contributed by atoms with van der Waals surface area (Å²) in [5, 5.41) is 0. The highest BCUT2D eigenvalue weighted by atomic mass is 35.5. The Morgan fingerprint density at radius 2 is 2.10 bits per heavy atom. The molecule has 2 aliphatic heterocycles. The lowest BCUT2D eigenvalue weighted by Gasteiger charge is -2.24. The second-order valence-corrected chi connectivity index (χ2v) is 9.42. The van der Waals surface area contributed by atoms with Gasteiger partial charge in [0.25, 0.3) is 10.0 Å². The van der Waals surface area contributed by atoms with E-state index < -0.39 is 10.0 Å². The van der Waals surface area contributed by atoms with E-state index in [1.165, 1.54) is 17.8 Å². The number of halogens is 1. The van der Waals surface area contributed by atoms with Crippen LogP contribution in [0.25, 0.3) is 0 Å². The molecule has 1 aromatic rings. The fourth-order valence-electron chi connectivity index (χ4n) is 3.27. The summed E-state index contributed by atoms with van der Waals surface area (Å²) in [6.45, 7) is 5.33. The van der Waals surface area contributed by atoms with Crippen molar-refractivity contribution < 1.29 is 8.42 Å². The first-order chi connectivity index (χ1) is 10.0. The van der Waals surface area contributed by atoms with E-state index in [0.29, 0.717) is 29.2 Å². The van der Waals surface area contributed by atoms with Crippen LogP contribution in [0.5, 0.6) is 0 Å². The Morgan fingerprint density at radius 1 is 1.33 bits per heavy atom. The van der Waals surface area contributed by atoms with Crippen LogP contribution in [0.15, 0.2) is 10.3 Å². The van der Waals surface area contributed by atoms with Gasteiger partial charge < -0.3 is 0 Å². The van der Waals surface area contributed by atoms with E-state index in [9.17, 15) is 8.42 Å². The third-order valence-corrected chi connectivity index (χ3v) is 8.46. The van der Waals surface area contributed by atoms with Crippen molar-refractivity contribution in [3.8, 4) is 0 Å². The van der Waals surface area contributed by atoms with E-state index in [-0.39, 0.29) is 0 Å². The monoisotopic (exact) mass is 348 g/mol. The highest BCUT2D eigenvalue weighted by Crippen LogP contribution is 2.31. The van der Waals surface area contributed by atoms with Gasteiger partial charge in [-0.25, -0.2) is 8.42 Å². The summed E-state index contributed by atoms with van der Waals surface area (Å²) in [7, 11) is -3.37. The lowest BCUT2D eigenvalue weighted by Crippen LogP contribution is -2.39. The standard InChI is InChI=1S/C14H21ClN2O2S2/c1-11-8-14(20-13(11)9-15)21(18,19)17-7-3-6-16-5-2-4-12(16)10-17/h8,12H,2-7,9-10H2,1H3. The molecule has 1 aromatic heterocycles. The van der Waals surface area contributed by atoms with Crippen LogP contribution in [0, 0.1) is 6.92 Å². The average molecular weight is 349 g/mol. The van der Waals surface area contributed by atoms with Crippen LogP contribution < -0.4 is 0 Å². The zero-order valence-electron chi connectivity index (χ0n) is 12.2. The number of alkyl halides is 1. The minimum atomic E-state index is -3.37. The number of sulfonamides is 1. The number of thiophene rings is 1. The van der Waals surface area contributed by atoms with E-state index in [0.717, 1.165) is 36.4 Å². The van der Waals surface area contributed by atoms with Crippen LogP contribution in [-0.2, 0) is 15.9 Å². The minimum absolute atomic E-state index is 0.377. The molecular weight excluding hydrogens is 328 g/mol. The van der Waals surface area contributed by atoms with E-state index in [4.69, 9.17) is 11.6 Å². The Balaban J connectivity index is 1.86. The number of hydrogen-bond acceptors (Lipinski definition) is 4. The summed E-state index contributed by atoms with van der Waals surface area (Å²) in [5.74, 6) is 0.377. The highest BCUT2D eigenvalue weighted by molar-refractivity contribution is 7.91. The molecule has 7 heteroatoms. The Bertz CT molecular complexity index is 614. The first-order valence-corrected chi connectivity index (χ1v) is 10.2. The normalized spacial score (nSPS) is 25.0. The van der Waals surface area contributed by atoms with Crippen LogP contribution >= 0.6 is 22.9 Å². The smallest absolute Gasteiger partial charge is 0.252 e. The summed E-state index contributed by atoms with van der Waals surface area (Å²) < 4.78 is 27.9. The van der Waals surface area contributed by atoms with Crippen LogP contribution in [0.1, 0.15) is 29.7 Å². The van der Waals surface area contributed by atoms with Gasteiger partial charge in [-0.3, -0.25) is 4.90 Å². The molecule has 4 nitrogen and oxygen atoms in total. The van der Waals surface area contributed by atoms with Gasteiger partial charge in [-0.05, 0) is 50.9 Å². The van der Waals surface area contributed by atoms with Crippen LogP contribution in [-0.4, -0.2) is 49.8 Å². The van der Waals surface area contributed by atoms with Gasteiger partial charge in [0, 0.05) is 24.0 Å². The molecule has 0 saturated carbocycles. The second-order valence-electron chi connectivity index (χ2n) is 5.85. The third-order valence-electron chi connectivity index (χ3n) is 4.48. The van der Waals surface area contributed by atoms with Gasteiger partial charge in [-0.15, -0.1) is 22.9 Å². The van der Waals surface area contributed by atoms with Crippen molar-refractivity contribution in [2.45, 2.75) is 42.3 Å². The Labute approximate surface area is 135 Å². The molecule has 3 heterocycles. The number of rotatable bonds is 3. The Morgan fingerprint density at radius 3 is 2.81 bits per heavy atom. The van der Waals surface area contributed by atoms with Crippen LogP contribution in [0.3, 0.4) is 0 Å². The number of nitrogens with zero attached hydrogens (tertiary/aromatic N) is 2. The summed E-state index contributed by atoms with van der Waals surface area (Å²) in [6.07, 6.45) is 3.22. The van der Waals surface area contributed by atoms with Crippen molar-refractivity contribution in [3.05, 3.63) is 16.5 Å². The SMILES string of the molecule is Cc1cc(S(=O)(=O)N2CCCN3CCCC3C2)sc1CCl. The van der Waals surface area contributed by atoms with Crippen LogP contribution in [0.4, 0.5) is 0 Å². The first-order valence-electron chi connectivity index (χ1n) is 7.42. The topological polar surface area (TPSA) is 40.6 Å². The molecule has 0 N–H and O–H groups in total. The van der Waals surface area contributed by atoms with E-state index in [1.807, 2.05) is 6.92 Å². The molecule has 0 aromatic carbocycles. The summed E-state index contributed by atoms with van der Waals surface area (Å²) in [4.78, 5) is 3.40. The molecule has 0 spiro atoms. The maximum atomic E-state index is 12.9. The molecule has 2 fully saturated rings. The molecule has 21 heavy (non-hydrogen) atoms. The first kappa shape index (κ1) is 15.7. The van der Waals surface area contributed by atoms with E-state index >= 15 is 0 Å². The molecule has 0 amide bonds. The molecule has 2 aliphatic rings. The fourth-order valence-corrected chi connectivity index (χ4v) is 6.75. The minimum Gasteiger partial charge on any atom is -0.299 e. The molecule has 0 aliphatic carbocycles. The molecule has 3 rings (SSSR count). The van der Waals surface area contributed by atoms with Gasteiger partial charge in [-0.1, -0.05) is 0 Å². The van der Waals surface area contributed by atoms with Crippen molar-refractivity contribution in [2.24, 2.45) is 0 Å². The van der Waals surface area contributed by atoms with Crippen molar-refractivity contribution in [1.29, 1.82) is 0 Å². The Hall–Kier alpha value is -0.140. The quantitative estimate of drug-likeness (QED) is 0.788. The van der Waals surface area contributed by atoms with Crippen molar-refractivity contribution in [1.82, 2.24) is 9.21 Å². The van der Waals surface area contributed by atoms with Crippen molar-refractivity contribution in [2.75, 3.05) is 26.2 Å². The van der Waals surface area contributed by atoms with Crippen LogP contribution in [0.2, 0.25) is 0 Å². The van der Waals surface area contributed by atoms with Gasteiger partial charge in [0.2, 0.25) is 0 Å². The Kier molecular flexibility index (Phi) is 4.62. The zero-order valence-corrected chi connectivity index (χ0v) is 14.6. The fraction of sp³-hybridized carbons (Fsp3) is 0.714. The van der Waals surface area contributed by atoms with Gasteiger partial charge in [-0.2, -0.15) is 4.31 Å². The van der Waals surface area contributed by atoms with E-state index in [1.54, 1.807) is 10.4 Å². The number of hydrogen-bond donors (Lipinski definition) is 0. The summed E-state index contributed by atoms with van der Waals surface area (Å²) >= 11 is 7.19. The van der Waals surface area contributed by atoms with Gasteiger partial charge in [0.05, 0.1) is 5.88 Å².